The number of benzene rings is 2. The summed E-state index contributed by atoms with van der Waals surface area (Å²) in [6.45, 7) is -1.11. The molecule has 0 saturated carbocycles. The lowest BCUT2D eigenvalue weighted by molar-refractivity contribution is -0.149. The van der Waals surface area contributed by atoms with Gasteiger partial charge >= 0.3 is 12.1 Å². The van der Waals surface area contributed by atoms with Crippen molar-refractivity contribution in [3.8, 4) is 5.75 Å². The molecular formula is C17H12ClF3INO4. The van der Waals surface area contributed by atoms with Crippen LogP contribution in [0.5, 0.6) is 5.75 Å². The number of ether oxygens (including phenoxy) is 2. The lowest BCUT2D eigenvalue weighted by Crippen LogP contribution is -2.24. The zero-order valence-electron chi connectivity index (χ0n) is 13.5. The molecule has 2 aromatic rings. The predicted octanol–water partition coefficient (Wildman–Crippen LogP) is 4.52. The van der Waals surface area contributed by atoms with Crippen LogP contribution in [-0.4, -0.2) is 25.1 Å². The quantitative estimate of drug-likeness (QED) is 0.456. The SMILES string of the molecule is O=C(COC(=O)COc1ccc(I)cc1)Nc1cc(C(F)(F)F)ccc1Cl. The van der Waals surface area contributed by atoms with E-state index >= 15 is 0 Å². The number of hydrogen-bond donors (Lipinski definition) is 1. The van der Waals surface area contributed by atoms with Gasteiger partial charge in [0.05, 0.1) is 16.3 Å². The molecule has 1 N–H and O–H groups in total. The number of carbonyl (C=O) groups is 2. The molecule has 5 nitrogen and oxygen atoms in total. The van der Waals surface area contributed by atoms with E-state index in [1.54, 1.807) is 24.3 Å². The largest absolute Gasteiger partial charge is 0.482 e. The van der Waals surface area contributed by atoms with Crippen LogP contribution in [0.1, 0.15) is 5.56 Å². The molecule has 27 heavy (non-hydrogen) atoms. The molecule has 0 aromatic heterocycles. The van der Waals surface area contributed by atoms with Crippen LogP contribution >= 0.6 is 34.2 Å². The highest BCUT2D eigenvalue weighted by Crippen LogP contribution is 2.33. The highest BCUT2D eigenvalue weighted by Gasteiger charge is 2.31. The van der Waals surface area contributed by atoms with Crippen LogP contribution < -0.4 is 10.1 Å². The summed E-state index contributed by atoms with van der Waals surface area (Å²) < 4.78 is 49.0. The molecule has 0 atom stereocenters. The van der Waals surface area contributed by atoms with Gasteiger partial charge in [-0.1, -0.05) is 11.6 Å². The van der Waals surface area contributed by atoms with E-state index in [1.807, 2.05) is 0 Å². The van der Waals surface area contributed by atoms with Gasteiger partial charge in [-0.05, 0) is 65.1 Å². The molecule has 0 aliphatic heterocycles. The lowest BCUT2D eigenvalue weighted by Gasteiger charge is -2.12. The Morgan fingerprint density at radius 2 is 1.74 bits per heavy atom. The van der Waals surface area contributed by atoms with E-state index in [2.05, 4.69) is 27.9 Å². The average Bonchev–Trinajstić information content (AvgIpc) is 2.60. The van der Waals surface area contributed by atoms with Crippen LogP contribution in [0.15, 0.2) is 42.5 Å². The maximum Gasteiger partial charge on any atom is 0.416 e. The van der Waals surface area contributed by atoms with Crippen LogP contribution in [0.3, 0.4) is 0 Å². The molecule has 1 amide bonds. The zero-order chi connectivity index (χ0) is 20.0. The second kappa shape index (κ2) is 9.27. The molecule has 10 heteroatoms. The first-order valence-electron chi connectivity index (χ1n) is 7.36. The zero-order valence-corrected chi connectivity index (χ0v) is 16.4. The minimum Gasteiger partial charge on any atom is -0.482 e. The molecule has 0 radical (unpaired) electrons. The molecule has 0 saturated heterocycles. The van der Waals surface area contributed by atoms with Crippen LogP contribution in [-0.2, 0) is 20.5 Å². The summed E-state index contributed by atoms with van der Waals surface area (Å²) in [5, 5.41) is 2.09. The number of alkyl halides is 3. The molecule has 0 fully saturated rings. The summed E-state index contributed by atoms with van der Waals surface area (Å²) in [5.74, 6) is -1.19. The number of esters is 1. The first-order valence-corrected chi connectivity index (χ1v) is 8.81. The van der Waals surface area contributed by atoms with Crippen molar-refractivity contribution in [3.05, 3.63) is 56.6 Å². The molecule has 144 valence electrons. The van der Waals surface area contributed by atoms with Crippen molar-refractivity contribution in [1.29, 1.82) is 0 Å². The van der Waals surface area contributed by atoms with Gasteiger partial charge in [-0.25, -0.2) is 4.79 Å². The summed E-state index contributed by atoms with van der Waals surface area (Å²) in [4.78, 5) is 23.4. The summed E-state index contributed by atoms with van der Waals surface area (Å²) in [7, 11) is 0. The Morgan fingerprint density at radius 1 is 1.07 bits per heavy atom. The molecule has 0 aliphatic carbocycles. The standard InChI is InChI=1S/C17H12ClF3INO4/c18-13-6-1-10(17(19,20)21)7-14(13)23-15(24)8-27-16(25)9-26-12-4-2-11(22)3-5-12/h1-7H,8-9H2,(H,23,24). The van der Waals surface area contributed by atoms with Crippen molar-refractivity contribution in [1.82, 2.24) is 0 Å². The van der Waals surface area contributed by atoms with Crippen molar-refractivity contribution >= 4 is 51.8 Å². The molecule has 0 heterocycles. The predicted molar refractivity (Wildman–Crippen MR) is 101 cm³/mol. The maximum absolute atomic E-state index is 12.7. The Balaban J connectivity index is 1.83. The smallest absolute Gasteiger partial charge is 0.416 e. The number of nitrogens with one attached hydrogen (secondary N) is 1. The van der Waals surface area contributed by atoms with E-state index in [0.29, 0.717) is 11.8 Å². The molecule has 2 aromatic carbocycles. The number of amides is 1. The second-order valence-electron chi connectivity index (χ2n) is 5.14. The van der Waals surface area contributed by atoms with E-state index in [4.69, 9.17) is 21.1 Å². The summed E-state index contributed by atoms with van der Waals surface area (Å²) in [5.41, 5.74) is -1.20. The number of carbonyl (C=O) groups excluding carboxylic acids is 2. The van der Waals surface area contributed by atoms with Gasteiger partial charge in [-0.2, -0.15) is 13.2 Å². The van der Waals surface area contributed by atoms with Gasteiger partial charge in [0, 0.05) is 3.57 Å². The Hall–Kier alpha value is -2.01. The number of rotatable bonds is 6. The Bertz CT molecular complexity index is 828. The topological polar surface area (TPSA) is 64.6 Å². The monoisotopic (exact) mass is 513 g/mol. The first kappa shape index (κ1) is 21.3. The van der Waals surface area contributed by atoms with Gasteiger partial charge < -0.3 is 14.8 Å². The minimum atomic E-state index is -4.58. The normalized spacial score (nSPS) is 11.0. The minimum absolute atomic E-state index is 0.0790. The van der Waals surface area contributed by atoms with Crippen molar-refractivity contribution in [2.75, 3.05) is 18.5 Å². The maximum atomic E-state index is 12.7. The van der Waals surface area contributed by atoms with E-state index in [1.165, 1.54) is 0 Å². The second-order valence-corrected chi connectivity index (χ2v) is 6.80. The van der Waals surface area contributed by atoms with Crippen LogP contribution in [0.4, 0.5) is 18.9 Å². The summed E-state index contributed by atoms with van der Waals surface area (Å²) in [6, 6.07) is 9.40. The van der Waals surface area contributed by atoms with E-state index in [-0.39, 0.29) is 10.7 Å². The van der Waals surface area contributed by atoms with Gasteiger partial charge in [-0.15, -0.1) is 0 Å². The third kappa shape index (κ3) is 6.90. The van der Waals surface area contributed by atoms with Crippen molar-refractivity contribution in [3.63, 3.8) is 0 Å². The van der Waals surface area contributed by atoms with E-state index < -0.39 is 36.8 Å². The van der Waals surface area contributed by atoms with Crippen LogP contribution in [0, 0.1) is 3.57 Å². The number of anilines is 1. The Kier molecular flexibility index (Phi) is 7.31. The fraction of sp³-hybridized carbons (Fsp3) is 0.176. The third-order valence-electron chi connectivity index (χ3n) is 3.10. The molecular weight excluding hydrogens is 502 g/mol. The Morgan fingerprint density at radius 3 is 2.37 bits per heavy atom. The van der Waals surface area contributed by atoms with Gasteiger partial charge in [0.2, 0.25) is 0 Å². The van der Waals surface area contributed by atoms with Crippen LogP contribution in [0.25, 0.3) is 0 Å². The number of hydrogen-bond acceptors (Lipinski definition) is 4. The lowest BCUT2D eigenvalue weighted by atomic mass is 10.2. The fourth-order valence-corrected chi connectivity index (χ4v) is 2.37. The highest BCUT2D eigenvalue weighted by molar-refractivity contribution is 14.1. The summed E-state index contributed by atoms with van der Waals surface area (Å²) in [6.07, 6.45) is -4.58. The van der Waals surface area contributed by atoms with Gasteiger partial charge in [0.15, 0.2) is 13.2 Å². The molecule has 0 unspecified atom stereocenters. The molecule has 0 aliphatic rings. The average molecular weight is 514 g/mol. The van der Waals surface area contributed by atoms with Crippen molar-refractivity contribution in [2.24, 2.45) is 0 Å². The molecule has 0 bridgehead atoms. The van der Waals surface area contributed by atoms with Crippen molar-refractivity contribution < 1.29 is 32.2 Å². The van der Waals surface area contributed by atoms with Gasteiger partial charge in [0.25, 0.3) is 5.91 Å². The van der Waals surface area contributed by atoms with Gasteiger partial charge in [-0.3, -0.25) is 4.79 Å². The van der Waals surface area contributed by atoms with E-state index in [9.17, 15) is 22.8 Å². The van der Waals surface area contributed by atoms with E-state index in [0.717, 1.165) is 15.7 Å². The fourth-order valence-electron chi connectivity index (χ4n) is 1.84. The molecule has 2 rings (SSSR count). The van der Waals surface area contributed by atoms with Crippen molar-refractivity contribution in [2.45, 2.75) is 6.18 Å². The third-order valence-corrected chi connectivity index (χ3v) is 4.15. The molecule has 0 spiro atoms. The number of halogens is 5. The Labute approximate surface area is 170 Å². The van der Waals surface area contributed by atoms with Crippen LogP contribution in [0.2, 0.25) is 5.02 Å². The summed E-state index contributed by atoms with van der Waals surface area (Å²) >= 11 is 7.88. The van der Waals surface area contributed by atoms with Gasteiger partial charge in [0.1, 0.15) is 5.75 Å². The highest BCUT2D eigenvalue weighted by atomic mass is 127. The first-order chi connectivity index (χ1) is 12.6.